The average Bonchev–Trinajstić information content (AvgIpc) is 2.80. The highest BCUT2D eigenvalue weighted by Crippen LogP contribution is 2.27. The molecule has 114 valence electrons. The lowest BCUT2D eigenvalue weighted by Crippen LogP contribution is -2.51. The molecule has 0 N–H and O–H groups in total. The van der Waals surface area contributed by atoms with Crippen molar-refractivity contribution in [2.45, 2.75) is 51.6 Å². The predicted molar refractivity (Wildman–Crippen MR) is 76.2 cm³/mol. The predicted octanol–water partition coefficient (Wildman–Crippen LogP) is 1.27. The Hall–Kier alpha value is -1.10. The quantitative estimate of drug-likeness (QED) is 0.729. The van der Waals surface area contributed by atoms with Gasteiger partial charge in [0.1, 0.15) is 6.04 Å². The van der Waals surface area contributed by atoms with Crippen molar-refractivity contribution < 1.29 is 14.3 Å². The van der Waals surface area contributed by atoms with E-state index in [1.54, 1.807) is 4.90 Å². The third-order valence-electron chi connectivity index (χ3n) is 4.30. The van der Waals surface area contributed by atoms with Gasteiger partial charge in [-0.2, -0.15) is 0 Å². The van der Waals surface area contributed by atoms with E-state index in [9.17, 15) is 9.59 Å². The normalized spacial score (nSPS) is 25.5. The maximum absolute atomic E-state index is 12.1. The van der Waals surface area contributed by atoms with E-state index in [2.05, 4.69) is 18.7 Å². The van der Waals surface area contributed by atoms with E-state index in [0.717, 1.165) is 32.5 Å². The first-order valence-electron chi connectivity index (χ1n) is 7.64. The zero-order valence-electron chi connectivity index (χ0n) is 12.8. The van der Waals surface area contributed by atoms with Gasteiger partial charge in [0.2, 0.25) is 5.91 Å². The lowest BCUT2D eigenvalue weighted by atomic mass is 10.0. The summed E-state index contributed by atoms with van der Waals surface area (Å²) in [6, 6.07) is -0.147. The van der Waals surface area contributed by atoms with Gasteiger partial charge < -0.3 is 14.5 Å². The van der Waals surface area contributed by atoms with Gasteiger partial charge in [0.05, 0.1) is 7.11 Å². The maximum atomic E-state index is 12.1. The van der Waals surface area contributed by atoms with E-state index >= 15 is 0 Å². The minimum Gasteiger partial charge on any atom is -0.467 e. The second-order valence-electron chi connectivity index (χ2n) is 6.30. The molecule has 2 aliphatic heterocycles. The van der Waals surface area contributed by atoms with Gasteiger partial charge in [0, 0.05) is 32.1 Å². The number of methoxy groups -OCH3 is 1. The Kier molecular flexibility index (Phi) is 5.02. The Morgan fingerprint density at radius 3 is 2.50 bits per heavy atom. The molecule has 20 heavy (non-hydrogen) atoms. The van der Waals surface area contributed by atoms with E-state index in [1.807, 2.05) is 0 Å². The van der Waals surface area contributed by atoms with Crippen LogP contribution in [0, 0.1) is 5.92 Å². The third kappa shape index (κ3) is 3.32. The van der Waals surface area contributed by atoms with Crippen LogP contribution < -0.4 is 0 Å². The minimum absolute atomic E-state index is 0.114. The van der Waals surface area contributed by atoms with Crippen molar-refractivity contribution in [2.24, 2.45) is 5.92 Å². The van der Waals surface area contributed by atoms with Crippen molar-refractivity contribution >= 4 is 11.9 Å². The van der Waals surface area contributed by atoms with E-state index < -0.39 is 0 Å². The topological polar surface area (TPSA) is 49.9 Å². The van der Waals surface area contributed by atoms with Gasteiger partial charge in [-0.05, 0) is 25.2 Å². The second kappa shape index (κ2) is 6.57. The molecule has 0 aromatic rings. The molecule has 2 heterocycles. The lowest BCUT2D eigenvalue weighted by Gasteiger charge is -2.39. The average molecular weight is 282 g/mol. The Balaban J connectivity index is 1.94. The molecule has 1 amide bonds. The van der Waals surface area contributed by atoms with Crippen molar-refractivity contribution in [1.82, 2.24) is 9.80 Å². The molecule has 0 aromatic carbocycles. The SMILES string of the molecule is COC(=O)C1CCC(=O)N1C1CCN(CC(C)C)CC1. The first-order chi connectivity index (χ1) is 9.52. The molecule has 0 aliphatic carbocycles. The molecular weight excluding hydrogens is 256 g/mol. The molecule has 2 rings (SSSR count). The Labute approximate surface area is 121 Å². The fourth-order valence-corrected chi connectivity index (χ4v) is 3.42. The van der Waals surface area contributed by atoms with Gasteiger partial charge in [-0.1, -0.05) is 13.8 Å². The molecule has 0 saturated carbocycles. The molecule has 0 bridgehead atoms. The van der Waals surface area contributed by atoms with Gasteiger partial charge in [-0.15, -0.1) is 0 Å². The number of likely N-dealkylation sites (tertiary alicyclic amines) is 2. The first-order valence-corrected chi connectivity index (χ1v) is 7.64. The highest BCUT2D eigenvalue weighted by molar-refractivity contribution is 5.88. The summed E-state index contributed by atoms with van der Waals surface area (Å²) in [5.74, 6) is 0.519. The van der Waals surface area contributed by atoms with Gasteiger partial charge >= 0.3 is 5.97 Å². The summed E-state index contributed by atoms with van der Waals surface area (Å²) >= 11 is 0. The molecule has 1 unspecified atom stereocenters. The number of esters is 1. The number of amides is 1. The molecule has 2 saturated heterocycles. The fourth-order valence-electron chi connectivity index (χ4n) is 3.42. The Bertz CT molecular complexity index is 362. The monoisotopic (exact) mass is 282 g/mol. The van der Waals surface area contributed by atoms with Crippen molar-refractivity contribution in [1.29, 1.82) is 0 Å². The van der Waals surface area contributed by atoms with Crippen LogP contribution in [-0.4, -0.2) is 60.5 Å². The summed E-state index contributed by atoms with van der Waals surface area (Å²) in [6.07, 6.45) is 3.02. The summed E-state index contributed by atoms with van der Waals surface area (Å²) in [7, 11) is 1.40. The molecule has 2 aliphatic rings. The first kappa shape index (κ1) is 15.3. The van der Waals surface area contributed by atoms with E-state index in [4.69, 9.17) is 4.74 Å². The maximum Gasteiger partial charge on any atom is 0.328 e. The van der Waals surface area contributed by atoms with Crippen LogP contribution in [-0.2, 0) is 14.3 Å². The van der Waals surface area contributed by atoms with Crippen molar-refractivity contribution in [3.05, 3.63) is 0 Å². The van der Waals surface area contributed by atoms with E-state index in [-0.39, 0.29) is 24.0 Å². The largest absolute Gasteiger partial charge is 0.467 e. The van der Waals surface area contributed by atoms with Crippen LogP contribution in [0.25, 0.3) is 0 Å². The number of carbonyl (C=O) groups is 2. The molecule has 0 spiro atoms. The van der Waals surface area contributed by atoms with Crippen molar-refractivity contribution in [3.8, 4) is 0 Å². The second-order valence-corrected chi connectivity index (χ2v) is 6.30. The fraction of sp³-hybridized carbons (Fsp3) is 0.867. The van der Waals surface area contributed by atoms with Crippen LogP contribution in [0.4, 0.5) is 0 Å². The van der Waals surface area contributed by atoms with Crippen LogP contribution >= 0.6 is 0 Å². The Morgan fingerprint density at radius 2 is 1.95 bits per heavy atom. The molecule has 0 aromatic heterocycles. The zero-order valence-corrected chi connectivity index (χ0v) is 12.8. The Morgan fingerprint density at radius 1 is 1.30 bits per heavy atom. The summed E-state index contributed by atoms with van der Waals surface area (Å²) in [5, 5.41) is 0. The number of hydrogen-bond donors (Lipinski definition) is 0. The van der Waals surface area contributed by atoms with Gasteiger partial charge in [-0.25, -0.2) is 4.79 Å². The van der Waals surface area contributed by atoms with Crippen molar-refractivity contribution in [2.75, 3.05) is 26.7 Å². The highest BCUT2D eigenvalue weighted by atomic mass is 16.5. The number of piperidine rings is 1. The summed E-state index contributed by atoms with van der Waals surface area (Å²) < 4.78 is 4.83. The van der Waals surface area contributed by atoms with Gasteiger partial charge in [0.25, 0.3) is 0 Å². The van der Waals surface area contributed by atoms with Crippen LogP contribution in [0.2, 0.25) is 0 Å². The van der Waals surface area contributed by atoms with Crippen LogP contribution in [0.1, 0.15) is 39.5 Å². The van der Waals surface area contributed by atoms with Crippen LogP contribution in [0.5, 0.6) is 0 Å². The standard InChI is InChI=1S/C15H26N2O3/c1-11(2)10-16-8-6-12(7-9-16)17-13(15(19)20-3)4-5-14(17)18/h11-13H,4-10H2,1-3H3. The molecule has 5 heteroatoms. The lowest BCUT2D eigenvalue weighted by molar-refractivity contribution is -0.151. The highest BCUT2D eigenvalue weighted by Gasteiger charge is 2.41. The van der Waals surface area contributed by atoms with Crippen molar-refractivity contribution in [3.63, 3.8) is 0 Å². The number of rotatable bonds is 4. The summed E-state index contributed by atoms with van der Waals surface area (Å²) in [5.41, 5.74) is 0. The minimum atomic E-state index is -0.353. The molecular formula is C15H26N2O3. The van der Waals surface area contributed by atoms with Crippen LogP contribution in [0.3, 0.4) is 0 Å². The van der Waals surface area contributed by atoms with E-state index in [0.29, 0.717) is 18.8 Å². The molecule has 2 fully saturated rings. The zero-order chi connectivity index (χ0) is 14.7. The number of carbonyl (C=O) groups excluding carboxylic acids is 2. The summed E-state index contributed by atoms with van der Waals surface area (Å²) in [6.45, 7) is 7.59. The third-order valence-corrected chi connectivity index (χ3v) is 4.30. The molecule has 1 atom stereocenters. The smallest absolute Gasteiger partial charge is 0.328 e. The van der Waals surface area contributed by atoms with Gasteiger partial charge in [0.15, 0.2) is 0 Å². The number of nitrogens with zero attached hydrogens (tertiary/aromatic N) is 2. The van der Waals surface area contributed by atoms with E-state index in [1.165, 1.54) is 7.11 Å². The number of ether oxygens (including phenoxy) is 1. The molecule has 0 radical (unpaired) electrons. The van der Waals surface area contributed by atoms with Gasteiger partial charge in [-0.3, -0.25) is 4.79 Å². The van der Waals surface area contributed by atoms with Crippen LogP contribution in [0.15, 0.2) is 0 Å². The summed E-state index contributed by atoms with van der Waals surface area (Å²) in [4.78, 5) is 28.1. The number of hydrogen-bond acceptors (Lipinski definition) is 4. The molecule has 5 nitrogen and oxygen atoms in total.